The third-order valence-electron chi connectivity index (χ3n) is 2.64. The van der Waals surface area contributed by atoms with Crippen molar-refractivity contribution in [2.45, 2.75) is 18.9 Å². The number of anilines is 1. The molecule has 2 rings (SSSR count). The van der Waals surface area contributed by atoms with Crippen molar-refractivity contribution in [3.63, 3.8) is 0 Å². The van der Waals surface area contributed by atoms with E-state index in [0.717, 1.165) is 6.42 Å². The Balaban J connectivity index is 2.05. The molecule has 0 amide bonds. The minimum Gasteiger partial charge on any atom is -0.481 e. The molecule has 1 aliphatic rings. The normalized spacial score (nSPS) is 23.0. The molecular weight excluding hydrogens is 242 g/mol. The number of hydrogen-bond acceptors (Lipinski definition) is 6. The summed E-state index contributed by atoms with van der Waals surface area (Å²) in [7, 11) is -1.39. The summed E-state index contributed by atoms with van der Waals surface area (Å²) in [6.45, 7) is 0. The van der Waals surface area contributed by atoms with E-state index in [1.807, 2.05) is 0 Å². The van der Waals surface area contributed by atoms with E-state index in [1.54, 1.807) is 12.3 Å². The van der Waals surface area contributed by atoms with Crippen LogP contribution in [0.25, 0.3) is 0 Å². The van der Waals surface area contributed by atoms with Crippen LogP contribution in [0.3, 0.4) is 0 Å². The SMILES string of the molecule is COc1ccnc(N[C@@H]2CCCS(=O)(=O)C2)n1. The zero-order valence-electron chi connectivity index (χ0n) is 9.59. The highest BCUT2D eigenvalue weighted by molar-refractivity contribution is 7.91. The molecule has 0 bridgehead atoms. The van der Waals surface area contributed by atoms with E-state index in [1.165, 1.54) is 7.11 Å². The zero-order chi connectivity index (χ0) is 12.3. The van der Waals surface area contributed by atoms with Crippen LogP contribution in [0.4, 0.5) is 5.95 Å². The van der Waals surface area contributed by atoms with Crippen molar-refractivity contribution in [2.75, 3.05) is 23.9 Å². The largest absolute Gasteiger partial charge is 0.481 e. The highest BCUT2D eigenvalue weighted by Crippen LogP contribution is 2.16. The Bertz CT molecular complexity index is 489. The van der Waals surface area contributed by atoms with Gasteiger partial charge in [-0.25, -0.2) is 13.4 Å². The lowest BCUT2D eigenvalue weighted by Crippen LogP contribution is -2.35. The fourth-order valence-electron chi connectivity index (χ4n) is 1.84. The number of ether oxygens (including phenoxy) is 1. The molecule has 6 nitrogen and oxygen atoms in total. The van der Waals surface area contributed by atoms with Crippen molar-refractivity contribution in [3.8, 4) is 5.88 Å². The van der Waals surface area contributed by atoms with Crippen LogP contribution in [0.5, 0.6) is 5.88 Å². The number of nitrogens with one attached hydrogen (secondary N) is 1. The van der Waals surface area contributed by atoms with Crippen molar-refractivity contribution >= 4 is 15.8 Å². The van der Waals surface area contributed by atoms with Crippen molar-refractivity contribution in [3.05, 3.63) is 12.3 Å². The van der Waals surface area contributed by atoms with E-state index in [4.69, 9.17) is 4.74 Å². The van der Waals surface area contributed by atoms with Crippen LogP contribution >= 0.6 is 0 Å². The Labute approximate surface area is 100 Å². The van der Waals surface area contributed by atoms with Crippen molar-refractivity contribution in [1.82, 2.24) is 9.97 Å². The maximum absolute atomic E-state index is 11.5. The molecule has 0 unspecified atom stereocenters. The first-order valence-corrected chi connectivity index (χ1v) is 7.25. The van der Waals surface area contributed by atoms with Crippen LogP contribution in [0, 0.1) is 0 Å². The second-order valence-corrected chi connectivity index (χ2v) is 6.25. The maximum Gasteiger partial charge on any atom is 0.226 e. The first kappa shape index (κ1) is 12.1. The highest BCUT2D eigenvalue weighted by atomic mass is 32.2. The summed E-state index contributed by atoms with van der Waals surface area (Å²) >= 11 is 0. The van der Waals surface area contributed by atoms with Crippen LogP contribution in [0.2, 0.25) is 0 Å². The summed E-state index contributed by atoms with van der Waals surface area (Å²) in [6, 6.07) is 1.53. The Kier molecular flexibility index (Phi) is 3.46. The quantitative estimate of drug-likeness (QED) is 0.848. The van der Waals surface area contributed by atoms with Gasteiger partial charge in [-0.15, -0.1) is 0 Å². The van der Waals surface area contributed by atoms with Crippen molar-refractivity contribution in [2.24, 2.45) is 0 Å². The number of aromatic nitrogens is 2. The lowest BCUT2D eigenvalue weighted by molar-refractivity contribution is 0.397. The molecule has 94 valence electrons. The minimum absolute atomic E-state index is 0.110. The Hall–Kier alpha value is -1.37. The van der Waals surface area contributed by atoms with E-state index >= 15 is 0 Å². The fourth-order valence-corrected chi connectivity index (χ4v) is 3.48. The molecule has 0 aromatic carbocycles. The van der Waals surface area contributed by atoms with E-state index in [2.05, 4.69) is 15.3 Å². The second-order valence-electron chi connectivity index (χ2n) is 4.02. The Morgan fingerprint density at radius 3 is 3.06 bits per heavy atom. The molecular formula is C10H15N3O3S. The molecule has 1 fully saturated rings. The molecule has 7 heteroatoms. The van der Waals surface area contributed by atoms with Gasteiger partial charge in [0.15, 0.2) is 9.84 Å². The third-order valence-corrected chi connectivity index (χ3v) is 4.46. The summed E-state index contributed by atoms with van der Waals surface area (Å²) < 4.78 is 27.9. The fraction of sp³-hybridized carbons (Fsp3) is 0.600. The van der Waals surface area contributed by atoms with Crippen LogP contribution in [-0.2, 0) is 9.84 Å². The molecule has 0 saturated carbocycles. The van der Waals surface area contributed by atoms with Gasteiger partial charge in [-0.2, -0.15) is 4.98 Å². The summed E-state index contributed by atoms with van der Waals surface area (Å²) in [4.78, 5) is 8.13. The van der Waals surface area contributed by atoms with Gasteiger partial charge in [0.05, 0.1) is 18.6 Å². The molecule has 2 heterocycles. The van der Waals surface area contributed by atoms with Gasteiger partial charge >= 0.3 is 0 Å². The molecule has 1 aliphatic heterocycles. The maximum atomic E-state index is 11.5. The van der Waals surface area contributed by atoms with Gasteiger partial charge in [0, 0.05) is 18.3 Å². The standard InChI is InChI=1S/C10H15N3O3S/c1-16-9-4-5-11-10(13-9)12-8-3-2-6-17(14,15)7-8/h4-5,8H,2-3,6-7H2,1H3,(H,11,12,13)/t8-/m1/s1. The molecule has 0 aliphatic carbocycles. The molecule has 0 radical (unpaired) electrons. The van der Waals surface area contributed by atoms with Gasteiger partial charge in [-0.3, -0.25) is 0 Å². The van der Waals surface area contributed by atoms with E-state index < -0.39 is 9.84 Å². The zero-order valence-corrected chi connectivity index (χ0v) is 10.4. The average molecular weight is 257 g/mol. The van der Waals surface area contributed by atoms with Gasteiger partial charge in [0.2, 0.25) is 11.8 Å². The van der Waals surface area contributed by atoms with Crippen LogP contribution < -0.4 is 10.1 Å². The summed E-state index contributed by atoms with van der Waals surface area (Å²) in [6.07, 6.45) is 3.08. The first-order valence-electron chi connectivity index (χ1n) is 5.43. The molecule has 1 aromatic heterocycles. The van der Waals surface area contributed by atoms with Crippen LogP contribution in [-0.4, -0.2) is 43.0 Å². The van der Waals surface area contributed by atoms with E-state index in [9.17, 15) is 8.42 Å². The number of sulfone groups is 1. The van der Waals surface area contributed by atoms with Gasteiger partial charge in [-0.1, -0.05) is 0 Å². The molecule has 1 atom stereocenters. The van der Waals surface area contributed by atoms with Gasteiger partial charge in [0.1, 0.15) is 0 Å². The minimum atomic E-state index is -2.92. The predicted octanol–water partition coefficient (Wildman–Crippen LogP) is 0.474. The van der Waals surface area contributed by atoms with Crippen LogP contribution in [0.15, 0.2) is 12.3 Å². The van der Waals surface area contributed by atoms with E-state index in [-0.39, 0.29) is 17.5 Å². The number of hydrogen-bond donors (Lipinski definition) is 1. The number of rotatable bonds is 3. The molecule has 0 spiro atoms. The van der Waals surface area contributed by atoms with Gasteiger partial charge < -0.3 is 10.1 Å². The van der Waals surface area contributed by atoms with Gasteiger partial charge in [0.25, 0.3) is 0 Å². The molecule has 1 aromatic rings. The summed E-state index contributed by atoms with van der Waals surface area (Å²) in [5.74, 6) is 1.30. The highest BCUT2D eigenvalue weighted by Gasteiger charge is 2.25. The lowest BCUT2D eigenvalue weighted by atomic mass is 10.2. The average Bonchev–Trinajstić information content (AvgIpc) is 2.28. The Morgan fingerprint density at radius 2 is 2.35 bits per heavy atom. The van der Waals surface area contributed by atoms with Crippen molar-refractivity contribution < 1.29 is 13.2 Å². The first-order chi connectivity index (χ1) is 8.09. The molecule has 1 saturated heterocycles. The molecule has 17 heavy (non-hydrogen) atoms. The Morgan fingerprint density at radius 1 is 1.53 bits per heavy atom. The van der Waals surface area contributed by atoms with Crippen LogP contribution in [0.1, 0.15) is 12.8 Å². The predicted molar refractivity (Wildman–Crippen MR) is 63.9 cm³/mol. The number of nitrogens with zero attached hydrogens (tertiary/aromatic N) is 2. The topological polar surface area (TPSA) is 81.2 Å². The summed E-state index contributed by atoms with van der Waals surface area (Å²) in [5.41, 5.74) is 0. The van der Waals surface area contributed by atoms with Gasteiger partial charge in [-0.05, 0) is 12.8 Å². The monoisotopic (exact) mass is 257 g/mol. The van der Waals surface area contributed by atoms with Crippen molar-refractivity contribution in [1.29, 1.82) is 0 Å². The van der Waals surface area contributed by atoms with E-state index in [0.29, 0.717) is 18.2 Å². The number of methoxy groups -OCH3 is 1. The third kappa shape index (κ3) is 3.29. The lowest BCUT2D eigenvalue weighted by Gasteiger charge is -2.22. The smallest absolute Gasteiger partial charge is 0.226 e. The molecule has 1 N–H and O–H groups in total. The second kappa shape index (κ2) is 4.87. The summed E-state index contributed by atoms with van der Waals surface area (Å²) in [5, 5.41) is 3.03.